The molecule has 134 valence electrons. The lowest BCUT2D eigenvalue weighted by atomic mass is 10.0. The van der Waals surface area contributed by atoms with Crippen molar-refractivity contribution in [3.8, 4) is 0 Å². The first kappa shape index (κ1) is 16.5. The fourth-order valence-corrected chi connectivity index (χ4v) is 3.21. The van der Waals surface area contributed by atoms with Gasteiger partial charge in [-0.05, 0) is 17.7 Å². The third kappa shape index (κ3) is 3.36. The molecule has 2 aromatic heterocycles. The van der Waals surface area contributed by atoms with E-state index in [4.69, 9.17) is 5.73 Å². The number of aromatic nitrogens is 4. The van der Waals surface area contributed by atoms with Crippen LogP contribution in [-0.2, 0) is 4.79 Å². The molecule has 0 bridgehead atoms. The van der Waals surface area contributed by atoms with Crippen molar-refractivity contribution in [1.29, 1.82) is 0 Å². The summed E-state index contributed by atoms with van der Waals surface area (Å²) in [5.41, 5.74) is 7.89. The number of fused-ring (bicyclic) bond motifs is 1. The highest BCUT2D eigenvalue weighted by molar-refractivity contribution is 5.77. The van der Waals surface area contributed by atoms with Gasteiger partial charge in [-0.1, -0.05) is 30.3 Å². The molecule has 0 radical (unpaired) electrons. The third-order valence-electron chi connectivity index (χ3n) is 4.73. The van der Waals surface area contributed by atoms with E-state index in [9.17, 15) is 4.79 Å². The molecule has 3 aromatic rings. The maximum Gasteiger partial charge on any atom is 0.224 e. The van der Waals surface area contributed by atoms with Gasteiger partial charge in [-0.15, -0.1) is 15.3 Å². The van der Waals surface area contributed by atoms with Gasteiger partial charge in [0, 0.05) is 38.6 Å². The molecule has 1 atom stereocenters. The van der Waals surface area contributed by atoms with Crippen LogP contribution < -0.4 is 10.6 Å². The van der Waals surface area contributed by atoms with Gasteiger partial charge in [-0.3, -0.25) is 4.79 Å². The van der Waals surface area contributed by atoms with Crippen LogP contribution in [0.3, 0.4) is 0 Å². The summed E-state index contributed by atoms with van der Waals surface area (Å²) in [6.45, 7) is 2.82. The van der Waals surface area contributed by atoms with Crippen LogP contribution in [0.4, 0.5) is 5.82 Å². The Morgan fingerprint density at radius 1 is 1.08 bits per heavy atom. The number of hydrogen-bond acceptors (Lipinski definition) is 6. The van der Waals surface area contributed by atoms with Gasteiger partial charge in [0.25, 0.3) is 0 Å². The van der Waals surface area contributed by atoms with Crippen molar-refractivity contribution in [3.05, 3.63) is 54.4 Å². The summed E-state index contributed by atoms with van der Waals surface area (Å²) in [6.07, 6.45) is 1.92. The monoisotopic (exact) mass is 351 g/mol. The number of piperazine rings is 1. The number of rotatable bonds is 4. The van der Waals surface area contributed by atoms with E-state index in [1.54, 1.807) is 10.8 Å². The first-order chi connectivity index (χ1) is 12.7. The highest BCUT2D eigenvalue weighted by Gasteiger charge is 2.23. The fourth-order valence-electron chi connectivity index (χ4n) is 3.21. The molecule has 8 nitrogen and oxygen atoms in total. The molecule has 3 heterocycles. The van der Waals surface area contributed by atoms with E-state index in [2.05, 4.69) is 20.2 Å². The number of nitrogens with two attached hydrogens (primary N) is 1. The van der Waals surface area contributed by atoms with Crippen LogP contribution in [0.15, 0.2) is 48.8 Å². The predicted molar refractivity (Wildman–Crippen MR) is 97.6 cm³/mol. The lowest BCUT2D eigenvalue weighted by Crippen LogP contribution is -2.49. The standard InChI is InChI=1S/C18H21N7O/c19-15(14-4-2-1-3-5-14)12-18(26)24-10-8-23(9-11-24)17-7-6-16-21-20-13-25(16)22-17/h1-7,13,15H,8-12,19H2. The zero-order valence-electron chi connectivity index (χ0n) is 14.4. The molecule has 0 spiro atoms. The average Bonchev–Trinajstić information content (AvgIpc) is 3.16. The average molecular weight is 351 g/mol. The smallest absolute Gasteiger partial charge is 0.224 e. The number of hydrogen-bond donors (Lipinski definition) is 1. The van der Waals surface area contributed by atoms with Gasteiger partial charge < -0.3 is 15.5 Å². The Hall–Kier alpha value is -3.00. The summed E-state index contributed by atoms with van der Waals surface area (Å²) < 4.78 is 1.66. The minimum Gasteiger partial charge on any atom is -0.352 e. The van der Waals surface area contributed by atoms with Gasteiger partial charge >= 0.3 is 0 Å². The van der Waals surface area contributed by atoms with Crippen LogP contribution >= 0.6 is 0 Å². The molecular weight excluding hydrogens is 330 g/mol. The Labute approximate surface area is 151 Å². The van der Waals surface area contributed by atoms with Gasteiger partial charge in [-0.25, -0.2) is 0 Å². The number of carbonyl (C=O) groups excluding carboxylic acids is 1. The van der Waals surface area contributed by atoms with Crippen LogP contribution in [0.5, 0.6) is 0 Å². The number of carbonyl (C=O) groups is 1. The SMILES string of the molecule is NC(CC(=O)N1CCN(c2ccc3nncn3n2)CC1)c1ccccc1. The van der Waals surface area contributed by atoms with Gasteiger partial charge in [0.2, 0.25) is 5.91 Å². The van der Waals surface area contributed by atoms with Gasteiger partial charge in [0.15, 0.2) is 5.65 Å². The molecule has 1 saturated heterocycles. The van der Waals surface area contributed by atoms with Crippen molar-refractivity contribution < 1.29 is 4.79 Å². The summed E-state index contributed by atoms with van der Waals surface area (Å²) in [5.74, 6) is 0.966. The molecule has 26 heavy (non-hydrogen) atoms. The molecule has 0 aliphatic carbocycles. The van der Waals surface area contributed by atoms with Crippen LogP contribution in [-0.4, -0.2) is 56.8 Å². The highest BCUT2D eigenvalue weighted by Crippen LogP contribution is 2.17. The number of amides is 1. The summed E-state index contributed by atoms with van der Waals surface area (Å²) in [6, 6.07) is 13.3. The van der Waals surface area contributed by atoms with E-state index in [1.165, 1.54) is 0 Å². The topological polar surface area (TPSA) is 92.7 Å². The molecule has 1 aliphatic heterocycles. The predicted octanol–water partition coefficient (Wildman–Crippen LogP) is 0.863. The van der Waals surface area contributed by atoms with E-state index < -0.39 is 0 Å². The molecule has 1 fully saturated rings. The van der Waals surface area contributed by atoms with Gasteiger partial charge in [0.05, 0.1) is 0 Å². The second-order valence-electron chi connectivity index (χ2n) is 6.41. The van der Waals surface area contributed by atoms with Crippen LogP contribution in [0.2, 0.25) is 0 Å². The molecule has 8 heteroatoms. The second kappa shape index (κ2) is 7.09. The minimum absolute atomic E-state index is 0.100. The molecule has 1 aliphatic rings. The van der Waals surface area contributed by atoms with Crippen LogP contribution in [0.1, 0.15) is 18.0 Å². The summed E-state index contributed by atoms with van der Waals surface area (Å²) in [4.78, 5) is 16.6. The first-order valence-corrected chi connectivity index (χ1v) is 8.71. The van der Waals surface area contributed by atoms with Crippen molar-refractivity contribution in [3.63, 3.8) is 0 Å². The van der Waals surface area contributed by atoms with Crippen molar-refractivity contribution >= 4 is 17.4 Å². The van der Waals surface area contributed by atoms with Crippen LogP contribution in [0, 0.1) is 0 Å². The summed E-state index contributed by atoms with van der Waals surface area (Å²) in [7, 11) is 0. The number of nitrogens with zero attached hydrogens (tertiary/aromatic N) is 6. The zero-order valence-corrected chi connectivity index (χ0v) is 14.4. The zero-order chi connectivity index (χ0) is 17.9. The van der Waals surface area contributed by atoms with Gasteiger partial charge in [0.1, 0.15) is 12.1 Å². The molecule has 4 rings (SSSR count). The molecule has 1 unspecified atom stereocenters. The second-order valence-corrected chi connectivity index (χ2v) is 6.41. The van der Waals surface area contributed by atoms with Crippen molar-refractivity contribution in [2.24, 2.45) is 5.73 Å². The molecule has 0 saturated carbocycles. The Balaban J connectivity index is 1.34. The molecular formula is C18H21N7O. The third-order valence-corrected chi connectivity index (χ3v) is 4.73. The van der Waals surface area contributed by atoms with Crippen molar-refractivity contribution in [2.45, 2.75) is 12.5 Å². The van der Waals surface area contributed by atoms with E-state index in [0.29, 0.717) is 19.5 Å². The summed E-state index contributed by atoms with van der Waals surface area (Å²) >= 11 is 0. The fraction of sp³-hybridized carbons (Fsp3) is 0.333. The van der Waals surface area contributed by atoms with E-state index in [1.807, 2.05) is 47.4 Å². The lowest BCUT2D eigenvalue weighted by molar-refractivity contribution is -0.131. The van der Waals surface area contributed by atoms with E-state index in [-0.39, 0.29) is 11.9 Å². The number of benzene rings is 1. The molecule has 1 aromatic carbocycles. The van der Waals surface area contributed by atoms with Crippen molar-refractivity contribution in [2.75, 3.05) is 31.1 Å². The largest absolute Gasteiger partial charge is 0.352 e. The Morgan fingerprint density at radius 2 is 1.85 bits per heavy atom. The highest BCUT2D eigenvalue weighted by atomic mass is 16.2. The Kier molecular flexibility index (Phi) is 4.49. The minimum atomic E-state index is -0.264. The molecule has 1 amide bonds. The Bertz CT molecular complexity index is 887. The summed E-state index contributed by atoms with van der Waals surface area (Å²) in [5, 5.41) is 12.3. The molecule has 2 N–H and O–H groups in total. The maximum atomic E-state index is 12.6. The quantitative estimate of drug-likeness (QED) is 0.749. The van der Waals surface area contributed by atoms with E-state index >= 15 is 0 Å². The Morgan fingerprint density at radius 3 is 2.62 bits per heavy atom. The van der Waals surface area contributed by atoms with Gasteiger partial charge in [-0.2, -0.15) is 4.52 Å². The number of anilines is 1. The van der Waals surface area contributed by atoms with Crippen LogP contribution in [0.25, 0.3) is 5.65 Å². The lowest BCUT2D eigenvalue weighted by Gasteiger charge is -2.35. The normalized spacial score (nSPS) is 16.0. The first-order valence-electron chi connectivity index (χ1n) is 8.71. The van der Waals surface area contributed by atoms with E-state index in [0.717, 1.165) is 30.1 Å². The maximum absolute atomic E-state index is 12.6. The van der Waals surface area contributed by atoms with Crippen molar-refractivity contribution in [1.82, 2.24) is 24.7 Å².